The van der Waals surface area contributed by atoms with Crippen LogP contribution in [0.3, 0.4) is 0 Å². The Balaban J connectivity index is 1.30. The molecular formula is C35H49N7O3Si. The van der Waals surface area contributed by atoms with E-state index in [0.717, 1.165) is 60.6 Å². The van der Waals surface area contributed by atoms with Crippen molar-refractivity contribution in [2.24, 2.45) is 0 Å². The summed E-state index contributed by atoms with van der Waals surface area (Å²) >= 11 is 0. The quantitative estimate of drug-likeness (QED) is 0.0822. The van der Waals surface area contributed by atoms with Crippen molar-refractivity contribution < 1.29 is 14.3 Å². The van der Waals surface area contributed by atoms with E-state index < -0.39 is 13.7 Å². The van der Waals surface area contributed by atoms with Gasteiger partial charge in [0.2, 0.25) is 5.95 Å². The molecule has 2 aromatic heterocycles. The molecule has 5 rings (SSSR count). The minimum Gasteiger partial charge on any atom is -0.444 e. The van der Waals surface area contributed by atoms with Crippen molar-refractivity contribution in [3.8, 4) is 11.3 Å². The highest BCUT2D eigenvalue weighted by atomic mass is 28.3. The number of rotatable bonds is 12. The molecule has 2 aromatic carbocycles. The Labute approximate surface area is 273 Å². The number of aromatic amines is 1. The van der Waals surface area contributed by atoms with E-state index in [4.69, 9.17) is 19.4 Å². The van der Waals surface area contributed by atoms with Gasteiger partial charge in [-0.05, 0) is 70.2 Å². The Bertz CT molecular complexity index is 1570. The molecule has 2 heterocycles. The van der Waals surface area contributed by atoms with Crippen molar-refractivity contribution in [2.45, 2.75) is 96.4 Å². The number of benzene rings is 2. The van der Waals surface area contributed by atoms with E-state index >= 15 is 0 Å². The van der Waals surface area contributed by atoms with Crippen LogP contribution in [-0.2, 0) is 16.0 Å². The second kappa shape index (κ2) is 14.6. The molecule has 3 N–H and O–H groups in total. The monoisotopic (exact) mass is 643 g/mol. The molecule has 1 saturated carbocycles. The maximum atomic E-state index is 12.4. The zero-order valence-electron chi connectivity index (χ0n) is 28.1. The number of hydrogen-bond acceptors (Lipinski definition) is 8. The first kappa shape index (κ1) is 33.4. The van der Waals surface area contributed by atoms with Gasteiger partial charge in [0, 0.05) is 50.8 Å². The van der Waals surface area contributed by atoms with Gasteiger partial charge in [-0.15, -0.1) is 0 Å². The number of fused-ring (bicyclic) bond motifs is 1. The van der Waals surface area contributed by atoms with Gasteiger partial charge in [0.25, 0.3) is 0 Å². The molecule has 1 aliphatic carbocycles. The molecule has 11 heteroatoms. The van der Waals surface area contributed by atoms with Gasteiger partial charge in [-0.2, -0.15) is 10.1 Å². The molecule has 46 heavy (non-hydrogen) atoms. The second-order valence-corrected chi connectivity index (χ2v) is 20.0. The fraction of sp³-hybridized carbons (Fsp3) is 0.486. The average molecular weight is 644 g/mol. The highest BCUT2D eigenvalue weighted by Crippen LogP contribution is 2.30. The molecule has 1 fully saturated rings. The number of amides is 1. The van der Waals surface area contributed by atoms with Gasteiger partial charge in [0.15, 0.2) is 5.65 Å². The minimum atomic E-state index is -1.23. The molecule has 0 radical (unpaired) electrons. The van der Waals surface area contributed by atoms with E-state index in [1.807, 2.05) is 51.2 Å². The van der Waals surface area contributed by atoms with E-state index in [9.17, 15) is 4.79 Å². The summed E-state index contributed by atoms with van der Waals surface area (Å²) in [5.41, 5.74) is 4.25. The SMILES string of the molecule is CC(C)(C)OC(=O)NC1CCC(N(COCC[Si](C)(C)C)c2ncc3c(-c4cccc(NCc5ccccc5)c4)[nH]nc3n2)CC1. The number of aromatic nitrogens is 4. The number of nitrogens with zero attached hydrogens (tertiary/aromatic N) is 4. The zero-order valence-corrected chi connectivity index (χ0v) is 29.1. The van der Waals surface area contributed by atoms with Crippen LogP contribution in [0.2, 0.25) is 25.7 Å². The molecule has 0 saturated heterocycles. The lowest BCUT2D eigenvalue weighted by atomic mass is 9.90. The van der Waals surface area contributed by atoms with Crippen molar-refractivity contribution in [3.05, 3.63) is 66.4 Å². The van der Waals surface area contributed by atoms with Crippen LogP contribution in [0.1, 0.15) is 52.0 Å². The number of alkyl carbamates (subject to hydrolysis) is 1. The molecule has 1 amide bonds. The van der Waals surface area contributed by atoms with Crippen molar-refractivity contribution in [1.29, 1.82) is 0 Å². The standard InChI is InChI=1S/C35H49N7O3Si/c1-35(2,3)45-34(43)38-27-15-17-29(18-16-27)42(24-44-19-20-46(4,5)6)33-37-23-30-31(40-41-32(30)39-33)26-13-10-14-28(21-26)36-22-25-11-8-7-9-12-25/h7-14,21,23,27,29,36H,15-20,22,24H2,1-6H3,(H,38,43)(H,37,39,40,41). The Kier molecular flexibility index (Phi) is 10.6. The largest absolute Gasteiger partial charge is 0.444 e. The summed E-state index contributed by atoms with van der Waals surface area (Å²) in [7, 11) is -1.23. The Morgan fingerprint density at radius 3 is 2.52 bits per heavy atom. The number of ether oxygens (including phenoxy) is 2. The lowest BCUT2D eigenvalue weighted by molar-refractivity contribution is 0.0488. The molecule has 4 aromatic rings. The molecule has 0 unspecified atom stereocenters. The van der Waals surface area contributed by atoms with Gasteiger partial charge in [0.1, 0.15) is 12.3 Å². The van der Waals surface area contributed by atoms with Crippen molar-refractivity contribution in [2.75, 3.05) is 23.6 Å². The first-order valence-electron chi connectivity index (χ1n) is 16.4. The van der Waals surface area contributed by atoms with Crippen molar-refractivity contribution >= 4 is 36.8 Å². The van der Waals surface area contributed by atoms with E-state index in [-0.39, 0.29) is 18.2 Å². The number of carbonyl (C=O) groups is 1. The lowest BCUT2D eigenvalue weighted by Crippen LogP contribution is -2.46. The summed E-state index contributed by atoms with van der Waals surface area (Å²) < 4.78 is 11.7. The first-order chi connectivity index (χ1) is 21.9. The summed E-state index contributed by atoms with van der Waals surface area (Å²) in [5, 5.41) is 15.2. The molecule has 10 nitrogen and oxygen atoms in total. The fourth-order valence-corrected chi connectivity index (χ4v) is 6.37. The van der Waals surface area contributed by atoms with Gasteiger partial charge < -0.3 is 25.0 Å². The second-order valence-electron chi connectivity index (χ2n) is 14.4. The minimum absolute atomic E-state index is 0.0796. The Morgan fingerprint density at radius 2 is 1.80 bits per heavy atom. The molecule has 0 atom stereocenters. The number of nitrogens with one attached hydrogen (secondary N) is 3. The van der Waals surface area contributed by atoms with Gasteiger partial charge >= 0.3 is 6.09 Å². The third kappa shape index (κ3) is 9.52. The van der Waals surface area contributed by atoms with Crippen LogP contribution in [0.25, 0.3) is 22.3 Å². The molecule has 0 spiro atoms. The Hall–Kier alpha value is -3.96. The van der Waals surface area contributed by atoms with Gasteiger partial charge in [-0.25, -0.2) is 9.78 Å². The van der Waals surface area contributed by atoms with Gasteiger partial charge in [0.05, 0.1) is 11.1 Å². The fourth-order valence-electron chi connectivity index (χ4n) is 5.61. The smallest absolute Gasteiger partial charge is 0.407 e. The predicted molar refractivity (Wildman–Crippen MR) is 188 cm³/mol. The van der Waals surface area contributed by atoms with Crippen LogP contribution in [0.15, 0.2) is 60.8 Å². The van der Waals surface area contributed by atoms with Crippen LogP contribution in [-0.4, -0.2) is 65.4 Å². The first-order valence-corrected chi connectivity index (χ1v) is 20.1. The summed E-state index contributed by atoms with van der Waals surface area (Å²) in [4.78, 5) is 24.3. The van der Waals surface area contributed by atoms with Crippen LogP contribution >= 0.6 is 0 Å². The van der Waals surface area contributed by atoms with E-state index in [2.05, 4.69) is 75.7 Å². The van der Waals surface area contributed by atoms with E-state index in [1.165, 1.54) is 5.56 Å². The number of carbonyl (C=O) groups excluding carboxylic acids is 1. The molecule has 246 valence electrons. The van der Waals surface area contributed by atoms with Gasteiger partial charge in [-0.3, -0.25) is 5.10 Å². The van der Waals surface area contributed by atoms with Crippen LogP contribution < -0.4 is 15.5 Å². The van der Waals surface area contributed by atoms with Crippen LogP contribution in [0.5, 0.6) is 0 Å². The molecule has 0 aliphatic heterocycles. The maximum Gasteiger partial charge on any atom is 0.407 e. The highest BCUT2D eigenvalue weighted by Gasteiger charge is 2.30. The average Bonchev–Trinajstić information content (AvgIpc) is 3.43. The third-order valence-corrected chi connectivity index (χ3v) is 9.84. The van der Waals surface area contributed by atoms with Crippen LogP contribution in [0, 0.1) is 0 Å². The highest BCUT2D eigenvalue weighted by molar-refractivity contribution is 6.76. The summed E-state index contributed by atoms with van der Waals surface area (Å²) in [6, 6.07) is 20.0. The summed E-state index contributed by atoms with van der Waals surface area (Å²) in [6.07, 6.45) is 4.97. The maximum absolute atomic E-state index is 12.4. The summed E-state index contributed by atoms with van der Waals surface area (Å²) in [5.74, 6) is 0.611. The normalized spacial score (nSPS) is 17.1. The molecule has 1 aliphatic rings. The van der Waals surface area contributed by atoms with Gasteiger partial charge in [-0.1, -0.05) is 62.1 Å². The Morgan fingerprint density at radius 1 is 1.04 bits per heavy atom. The van der Waals surface area contributed by atoms with Crippen molar-refractivity contribution in [1.82, 2.24) is 25.5 Å². The predicted octanol–water partition coefficient (Wildman–Crippen LogP) is 7.59. The van der Waals surface area contributed by atoms with E-state index in [1.54, 1.807) is 0 Å². The lowest BCUT2D eigenvalue weighted by Gasteiger charge is -2.37. The molecule has 0 bridgehead atoms. The number of anilines is 2. The third-order valence-electron chi connectivity index (χ3n) is 8.13. The topological polar surface area (TPSA) is 117 Å². The number of hydrogen-bond donors (Lipinski definition) is 3. The zero-order chi connectivity index (χ0) is 32.7. The summed E-state index contributed by atoms with van der Waals surface area (Å²) in [6.45, 7) is 14.6. The van der Waals surface area contributed by atoms with E-state index in [0.29, 0.717) is 24.9 Å². The van der Waals surface area contributed by atoms with Crippen molar-refractivity contribution in [3.63, 3.8) is 0 Å². The number of H-pyrrole nitrogens is 1. The van der Waals surface area contributed by atoms with Crippen LogP contribution in [0.4, 0.5) is 16.4 Å². The molecular weight excluding hydrogens is 595 g/mol.